The molecule has 4 nitrogen and oxygen atoms in total. The first-order valence-corrected chi connectivity index (χ1v) is 6.13. The number of rotatable bonds is 5. The zero-order valence-electron chi connectivity index (χ0n) is 10.8. The van der Waals surface area contributed by atoms with Gasteiger partial charge in [0.2, 0.25) is 0 Å². The molecule has 1 aliphatic carbocycles. The summed E-state index contributed by atoms with van der Waals surface area (Å²) >= 11 is 0. The average molecular weight is 266 g/mol. The van der Waals surface area contributed by atoms with Crippen LogP contribution in [0.25, 0.3) is 0 Å². The van der Waals surface area contributed by atoms with Gasteiger partial charge in [-0.05, 0) is 18.6 Å². The second-order valence-corrected chi connectivity index (χ2v) is 4.61. The molecule has 0 bridgehead atoms. The van der Waals surface area contributed by atoms with Gasteiger partial charge in [0.25, 0.3) is 0 Å². The number of carboxylic acid groups (broad SMARTS) is 1. The molecule has 2 atom stereocenters. The van der Waals surface area contributed by atoms with Crippen molar-refractivity contribution in [1.82, 2.24) is 0 Å². The molecule has 0 saturated heterocycles. The molecule has 1 unspecified atom stereocenters. The fourth-order valence-corrected chi connectivity index (χ4v) is 2.34. The lowest BCUT2D eigenvalue weighted by Crippen LogP contribution is -2.07. The van der Waals surface area contributed by atoms with Gasteiger partial charge >= 0.3 is 5.97 Å². The second-order valence-electron chi connectivity index (χ2n) is 4.61. The van der Waals surface area contributed by atoms with Crippen LogP contribution < -0.4 is 4.74 Å². The molecule has 1 N–H and O–H groups in total. The first kappa shape index (κ1) is 13.5. The fraction of sp³-hybridized carbons (Fsp3) is 0.429. The first-order chi connectivity index (χ1) is 9.01. The smallest absolute Gasteiger partial charge is 0.307 e. The van der Waals surface area contributed by atoms with E-state index in [-0.39, 0.29) is 23.5 Å². The van der Waals surface area contributed by atoms with Crippen molar-refractivity contribution in [2.45, 2.75) is 25.7 Å². The highest BCUT2D eigenvalue weighted by Gasteiger charge is 2.47. The molecule has 1 aromatic rings. The zero-order valence-corrected chi connectivity index (χ0v) is 10.8. The molecule has 19 heavy (non-hydrogen) atoms. The van der Waals surface area contributed by atoms with Gasteiger partial charge in [0, 0.05) is 17.9 Å². The van der Waals surface area contributed by atoms with Crippen molar-refractivity contribution in [3.05, 3.63) is 29.1 Å². The molecule has 0 amide bonds. The molecular formula is C14H15FO4. The maximum absolute atomic E-state index is 13.9. The summed E-state index contributed by atoms with van der Waals surface area (Å²) in [6.45, 7) is 1.71. The van der Waals surface area contributed by atoms with E-state index in [1.54, 1.807) is 6.92 Å². The van der Waals surface area contributed by atoms with Crippen LogP contribution in [0.5, 0.6) is 5.75 Å². The van der Waals surface area contributed by atoms with E-state index >= 15 is 0 Å². The number of ketones is 1. The molecule has 0 spiro atoms. The highest BCUT2D eigenvalue weighted by molar-refractivity contribution is 5.99. The van der Waals surface area contributed by atoms with E-state index in [9.17, 15) is 14.0 Å². The minimum absolute atomic E-state index is 0.148. The van der Waals surface area contributed by atoms with Crippen LogP contribution in [0.3, 0.4) is 0 Å². The fourth-order valence-electron chi connectivity index (χ4n) is 2.34. The van der Waals surface area contributed by atoms with Gasteiger partial charge in [-0.15, -0.1) is 0 Å². The van der Waals surface area contributed by atoms with Crippen molar-refractivity contribution in [3.63, 3.8) is 0 Å². The lowest BCUT2D eigenvalue weighted by molar-refractivity contribution is -0.138. The molecule has 102 valence electrons. The molecule has 5 heteroatoms. The van der Waals surface area contributed by atoms with Crippen LogP contribution in [0.1, 0.15) is 41.6 Å². The highest BCUT2D eigenvalue weighted by atomic mass is 19.1. The van der Waals surface area contributed by atoms with Crippen molar-refractivity contribution in [2.75, 3.05) is 7.11 Å². The van der Waals surface area contributed by atoms with E-state index in [4.69, 9.17) is 9.84 Å². The lowest BCUT2D eigenvalue weighted by atomic mass is 9.99. The summed E-state index contributed by atoms with van der Waals surface area (Å²) in [5.74, 6) is -2.42. The Kier molecular flexibility index (Phi) is 3.55. The Morgan fingerprint density at radius 2 is 2.16 bits per heavy atom. The van der Waals surface area contributed by atoms with Crippen LogP contribution in [0.4, 0.5) is 4.39 Å². The highest BCUT2D eigenvalue weighted by Crippen LogP contribution is 2.52. The Labute approximate surface area is 110 Å². The quantitative estimate of drug-likeness (QED) is 0.832. The van der Waals surface area contributed by atoms with Crippen LogP contribution in [0.15, 0.2) is 12.1 Å². The SMILES string of the molecule is CCC(=O)c1ccc(F)c([C@@H]2CC2C(=O)O)c1OC. The standard InChI is InChI=1S/C14H15FO4/c1-3-11(16)7-4-5-10(15)12(13(7)19-2)8-6-9(8)14(17)18/h4-5,8-9H,3,6H2,1-2H3,(H,17,18)/t8-,9?/m1/s1. The largest absolute Gasteiger partial charge is 0.496 e. The molecule has 1 aliphatic rings. The van der Waals surface area contributed by atoms with E-state index in [1.807, 2.05) is 0 Å². The Bertz CT molecular complexity index is 538. The number of carboxylic acids is 1. The van der Waals surface area contributed by atoms with Crippen molar-refractivity contribution in [3.8, 4) is 5.75 Å². The van der Waals surface area contributed by atoms with Gasteiger partial charge in [-0.2, -0.15) is 0 Å². The number of halogens is 1. The predicted octanol–water partition coefficient (Wildman–Crippen LogP) is 2.62. The van der Waals surface area contributed by atoms with E-state index in [1.165, 1.54) is 19.2 Å². The van der Waals surface area contributed by atoms with E-state index in [2.05, 4.69) is 0 Å². The lowest BCUT2D eigenvalue weighted by Gasteiger charge is -2.13. The van der Waals surface area contributed by atoms with Gasteiger partial charge in [-0.3, -0.25) is 9.59 Å². The number of carbonyl (C=O) groups excluding carboxylic acids is 1. The summed E-state index contributed by atoms with van der Waals surface area (Å²) in [7, 11) is 1.36. The number of hydrogen-bond acceptors (Lipinski definition) is 3. The molecule has 0 heterocycles. The number of methoxy groups -OCH3 is 1. The van der Waals surface area contributed by atoms with Gasteiger partial charge in [0.05, 0.1) is 18.6 Å². The number of ether oxygens (including phenoxy) is 1. The summed E-state index contributed by atoms with van der Waals surface area (Å²) in [4.78, 5) is 22.7. The van der Waals surface area contributed by atoms with Crippen molar-refractivity contribution >= 4 is 11.8 Å². The third-order valence-electron chi connectivity index (χ3n) is 3.45. The van der Waals surface area contributed by atoms with Gasteiger partial charge < -0.3 is 9.84 Å². The van der Waals surface area contributed by atoms with Gasteiger partial charge in [-0.1, -0.05) is 6.92 Å². The molecule has 1 aromatic carbocycles. The van der Waals surface area contributed by atoms with E-state index in [0.29, 0.717) is 12.0 Å². The van der Waals surface area contributed by atoms with E-state index in [0.717, 1.165) is 0 Å². The molecule has 1 saturated carbocycles. The summed E-state index contributed by atoms with van der Waals surface area (Å²) in [6, 6.07) is 2.60. The zero-order chi connectivity index (χ0) is 14.2. The Balaban J connectivity index is 2.48. The molecule has 0 aliphatic heterocycles. The molecule has 0 radical (unpaired) electrons. The maximum Gasteiger partial charge on any atom is 0.307 e. The predicted molar refractivity (Wildman–Crippen MR) is 66.1 cm³/mol. The summed E-state index contributed by atoms with van der Waals surface area (Å²) < 4.78 is 19.1. The normalized spacial score (nSPS) is 21.0. The van der Waals surface area contributed by atoms with E-state index < -0.39 is 23.6 Å². The van der Waals surface area contributed by atoms with Crippen LogP contribution in [-0.4, -0.2) is 24.0 Å². The Hall–Kier alpha value is -1.91. The molecular weight excluding hydrogens is 251 g/mol. The topological polar surface area (TPSA) is 63.6 Å². The minimum atomic E-state index is -0.946. The third kappa shape index (κ3) is 2.32. The number of carbonyl (C=O) groups is 2. The number of hydrogen-bond donors (Lipinski definition) is 1. The first-order valence-electron chi connectivity index (χ1n) is 6.13. The Morgan fingerprint density at radius 1 is 1.47 bits per heavy atom. The molecule has 2 rings (SSSR count). The van der Waals surface area contributed by atoms with Gasteiger partial charge in [0.15, 0.2) is 5.78 Å². The van der Waals surface area contributed by atoms with Crippen molar-refractivity contribution < 1.29 is 23.8 Å². The third-order valence-corrected chi connectivity index (χ3v) is 3.45. The average Bonchev–Trinajstić information content (AvgIpc) is 3.17. The molecule has 1 fully saturated rings. The van der Waals surface area contributed by atoms with Crippen molar-refractivity contribution in [1.29, 1.82) is 0 Å². The molecule has 0 aromatic heterocycles. The van der Waals surface area contributed by atoms with Crippen LogP contribution in [0, 0.1) is 11.7 Å². The minimum Gasteiger partial charge on any atom is -0.496 e. The summed E-state index contributed by atoms with van der Waals surface area (Å²) in [5.41, 5.74) is 0.534. The second kappa shape index (κ2) is 4.99. The van der Waals surface area contributed by atoms with Crippen molar-refractivity contribution in [2.24, 2.45) is 5.92 Å². The van der Waals surface area contributed by atoms with Gasteiger partial charge in [-0.25, -0.2) is 4.39 Å². The summed E-state index contributed by atoms with van der Waals surface area (Å²) in [6.07, 6.45) is 0.668. The number of aliphatic carboxylic acids is 1. The van der Waals surface area contributed by atoms with Crippen LogP contribution in [0.2, 0.25) is 0 Å². The van der Waals surface area contributed by atoms with Crippen LogP contribution >= 0.6 is 0 Å². The maximum atomic E-state index is 13.9. The Morgan fingerprint density at radius 3 is 2.63 bits per heavy atom. The van der Waals surface area contributed by atoms with Gasteiger partial charge in [0.1, 0.15) is 11.6 Å². The number of benzene rings is 1. The van der Waals surface area contributed by atoms with Crippen LogP contribution in [-0.2, 0) is 4.79 Å². The summed E-state index contributed by atoms with van der Waals surface area (Å²) in [5, 5.41) is 8.93. The number of Topliss-reactive ketones (excluding diaryl/α,β-unsaturated/α-hetero) is 1. The monoisotopic (exact) mass is 266 g/mol.